The molecule has 120 valence electrons. The third kappa shape index (κ3) is 4.61. The fourth-order valence-electron chi connectivity index (χ4n) is 3.10. The van der Waals surface area contributed by atoms with Crippen molar-refractivity contribution < 1.29 is 14.3 Å². The average molecular weight is 296 g/mol. The molecule has 0 bridgehead atoms. The average Bonchev–Trinajstić information content (AvgIpc) is 3.28. The van der Waals surface area contributed by atoms with Gasteiger partial charge in [0.25, 0.3) is 0 Å². The Morgan fingerprint density at radius 1 is 1.33 bits per heavy atom. The zero-order valence-corrected chi connectivity index (χ0v) is 13.4. The van der Waals surface area contributed by atoms with Gasteiger partial charge >= 0.3 is 12.0 Å². The Hall–Kier alpha value is -1.26. The number of hydrogen-bond acceptors (Lipinski definition) is 3. The molecular weight excluding hydrogens is 268 g/mol. The number of piperidine rings is 1. The van der Waals surface area contributed by atoms with E-state index in [1.54, 1.807) is 0 Å². The number of urea groups is 1. The van der Waals surface area contributed by atoms with Gasteiger partial charge in [-0.3, -0.25) is 4.79 Å². The lowest BCUT2D eigenvalue weighted by molar-refractivity contribution is -0.148. The van der Waals surface area contributed by atoms with E-state index in [4.69, 9.17) is 4.74 Å². The van der Waals surface area contributed by atoms with Gasteiger partial charge in [0, 0.05) is 19.1 Å². The fraction of sp³-hybridized carbons (Fsp3) is 0.875. The van der Waals surface area contributed by atoms with E-state index in [1.165, 1.54) is 26.4 Å². The number of ether oxygens (including phenoxy) is 1. The summed E-state index contributed by atoms with van der Waals surface area (Å²) in [4.78, 5) is 25.7. The number of methoxy groups -OCH3 is 1. The molecule has 1 N–H and O–H groups in total. The molecule has 5 heteroatoms. The summed E-state index contributed by atoms with van der Waals surface area (Å²) in [6.07, 6.45) is 5.70. The van der Waals surface area contributed by atoms with Crippen LogP contribution in [-0.4, -0.2) is 43.1 Å². The van der Waals surface area contributed by atoms with Crippen LogP contribution >= 0.6 is 0 Å². The zero-order chi connectivity index (χ0) is 15.4. The Labute approximate surface area is 127 Å². The molecule has 2 fully saturated rings. The summed E-state index contributed by atoms with van der Waals surface area (Å²) < 4.78 is 4.82. The summed E-state index contributed by atoms with van der Waals surface area (Å²) in [5.41, 5.74) is 0. The maximum atomic E-state index is 12.3. The van der Waals surface area contributed by atoms with Gasteiger partial charge < -0.3 is 15.0 Å². The second-order valence-corrected chi connectivity index (χ2v) is 6.71. The summed E-state index contributed by atoms with van der Waals surface area (Å²) in [7, 11) is 1.43. The number of carbonyl (C=O) groups excluding carboxylic acids is 2. The van der Waals surface area contributed by atoms with Crippen molar-refractivity contribution in [1.82, 2.24) is 10.2 Å². The van der Waals surface area contributed by atoms with Crippen LogP contribution in [0.4, 0.5) is 4.79 Å². The zero-order valence-electron chi connectivity index (χ0n) is 13.4. The van der Waals surface area contributed by atoms with Crippen molar-refractivity contribution >= 4 is 12.0 Å². The normalized spacial score (nSPS) is 27.1. The second kappa shape index (κ2) is 7.14. The number of carbonyl (C=O) groups is 2. The van der Waals surface area contributed by atoms with Crippen LogP contribution in [0, 0.1) is 17.8 Å². The molecule has 0 radical (unpaired) electrons. The van der Waals surface area contributed by atoms with Gasteiger partial charge in [0.15, 0.2) is 0 Å². The molecule has 0 aromatic rings. The molecule has 2 aliphatic rings. The summed E-state index contributed by atoms with van der Waals surface area (Å²) in [6.45, 7) is 5.34. The molecule has 1 aliphatic carbocycles. The largest absolute Gasteiger partial charge is 0.469 e. The van der Waals surface area contributed by atoms with Gasteiger partial charge in [0.2, 0.25) is 0 Å². The highest BCUT2D eigenvalue weighted by atomic mass is 16.5. The molecule has 1 heterocycles. The lowest BCUT2D eigenvalue weighted by Gasteiger charge is -2.36. The number of nitrogens with one attached hydrogen (secondary N) is 1. The van der Waals surface area contributed by atoms with Crippen LogP contribution in [0.25, 0.3) is 0 Å². The van der Waals surface area contributed by atoms with Gasteiger partial charge in [-0.1, -0.05) is 19.8 Å². The first-order valence-electron chi connectivity index (χ1n) is 8.14. The Kier molecular flexibility index (Phi) is 5.48. The molecule has 0 spiro atoms. The summed E-state index contributed by atoms with van der Waals surface area (Å²) >= 11 is 0. The van der Waals surface area contributed by atoms with Crippen molar-refractivity contribution in [2.24, 2.45) is 17.8 Å². The third-order valence-electron chi connectivity index (χ3n) is 4.77. The summed E-state index contributed by atoms with van der Waals surface area (Å²) in [5.74, 6) is 0.825. The van der Waals surface area contributed by atoms with Gasteiger partial charge in [-0.05, 0) is 38.0 Å². The minimum Gasteiger partial charge on any atom is -0.469 e. The number of amides is 2. The number of nitrogens with zero attached hydrogens (tertiary/aromatic N) is 1. The van der Waals surface area contributed by atoms with Crippen LogP contribution in [0.15, 0.2) is 0 Å². The Morgan fingerprint density at radius 2 is 2.05 bits per heavy atom. The maximum Gasteiger partial charge on any atom is 0.317 e. The van der Waals surface area contributed by atoms with E-state index in [-0.39, 0.29) is 29.9 Å². The fourth-order valence-corrected chi connectivity index (χ4v) is 3.10. The molecule has 1 saturated carbocycles. The van der Waals surface area contributed by atoms with E-state index in [9.17, 15) is 9.59 Å². The highest BCUT2D eigenvalue weighted by Gasteiger charge is 2.34. The first kappa shape index (κ1) is 16.1. The summed E-state index contributed by atoms with van der Waals surface area (Å²) in [5, 5.41) is 3.08. The van der Waals surface area contributed by atoms with Crippen molar-refractivity contribution in [2.45, 2.75) is 52.0 Å². The van der Waals surface area contributed by atoms with E-state index < -0.39 is 0 Å². The predicted molar refractivity (Wildman–Crippen MR) is 80.8 cm³/mol. The molecule has 0 aromatic carbocycles. The maximum absolute atomic E-state index is 12.3. The lowest BCUT2D eigenvalue weighted by Crippen LogP contribution is -2.50. The van der Waals surface area contributed by atoms with Crippen LogP contribution in [-0.2, 0) is 9.53 Å². The quantitative estimate of drug-likeness (QED) is 0.793. The van der Waals surface area contributed by atoms with Crippen LogP contribution in [0.3, 0.4) is 0 Å². The third-order valence-corrected chi connectivity index (χ3v) is 4.77. The van der Waals surface area contributed by atoms with E-state index in [1.807, 2.05) is 11.8 Å². The number of hydrogen-bond donors (Lipinski definition) is 1. The monoisotopic (exact) mass is 296 g/mol. The molecule has 0 aromatic heterocycles. The molecule has 2 amide bonds. The van der Waals surface area contributed by atoms with Crippen molar-refractivity contribution in [3.63, 3.8) is 0 Å². The molecular formula is C16H28N2O3. The van der Waals surface area contributed by atoms with Crippen LogP contribution < -0.4 is 5.32 Å². The molecule has 1 saturated heterocycles. The Bertz CT molecular complexity index is 382. The topological polar surface area (TPSA) is 58.6 Å². The minimum absolute atomic E-state index is 0.00784. The highest BCUT2D eigenvalue weighted by Crippen LogP contribution is 2.33. The van der Waals surface area contributed by atoms with E-state index >= 15 is 0 Å². The number of esters is 1. The number of likely N-dealkylation sites (tertiary alicyclic amines) is 1. The highest BCUT2D eigenvalue weighted by molar-refractivity contribution is 5.76. The first-order valence-corrected chi connectivity index (χ1v) is 8.14. The molecule has 3 unspecified atom stereocenters. The smallest absolute Gasteiger partial charge is 0.317 e. The molecule has 21 heavy (non-hydrogen) atoms. The van der Waals surface area contributed by atoms with Crippen molar-refractivity contribution in [3.05, 3.63) is 0 Å². The molecule has 2 rings (SSSR count). The van der Waals surface area contributed by atoms with Gasteiger partial charge in [-0.15, -0.1) is 0 Å². The van der Waals surface area contributed by atoms with Crippen LogP contribution in [0.2, 0.25) is 0 Å². The van der Waals surface area contributed by atoms with Gasteiger partial charge in [0.1, 0.15) is 0 Å². The summed E-state index contributed by atoms with van der Waals surface area (Å²) in [6, 6.07) is 0.236. The predicted octanol–water partition coefficient (Wildman–Crippen LogP) is 2.41. The van der Waals surface area contributed by atoms with Gasteiger partial charge in [-0.25, -0.2) is 4.79 Å². The van der Waals surface area contributed by atoms with Crippen LogP contribution in [0.5, 0.6) is 0 Å². The Balaban J connectivity index is 1.74. The Morgan fingerprint density at radius 3 is 2.62 bits per heavy atom. The SMILES string of the molecule is COC(=O)C1CCN(C(=O)NC(C)CCC2CC2)CC1C. The van der Waals surface area contributed by atoms with Crippen molar-refractivity contribution in [2.75, 3.05) is 20.2 Å². The van der Waals surface area contributed by atoms with Crippen molar-refractivity contribution in [1.29, 1.82) is 0 Å². The first-order chi connectivity index (χ1) is 10.0. The minimum atomic E-state index is -0.152. The van der Waals surface area contributed by atoms with Crippen molar-refractivity contribution in [3.8, 4) is 0 Å². The van der Waals surface area contributed by atoms with E-state index in [2.05, 4.69) is 12.2 Å². The lowest BCUT2D eigenvalue weighted by atomic mass is 9.87. The number of rotatable bonds is 5. The standard InChI is InChI=1S/C16H28N2O3/c1-11-10-18(9-8-14(11)15(19)21-3)16(20)17-12(2)4-5-13-6-7-13/h11-14H,4-10H2,1-3H3,(H,17,20). The van der Waals surface area contributed by atoms with Gasteiger partial charge in [-0.2, -0.15) is 0 Å². The molecule has 3 atom stereocenters. The van der Waals surface area contributed by atoms with Crippen LogP contribution in [0.1, 0.15) is 46.0 Å². The van der Waals surface area contributed by atoms with E-state index in [0.29, 0.717) is 19.5 Å². The van der Waals surface area contributed by atoms with Gasteiger partial charge in [0.05, 0.1) is 13.0 Å². The molecule has 1 aliphatic heterocycles. The second-order valence-electron chi connectivity index (χ2n) is 6.71. The van der Waals surface area contributed by atoms with E-state index in [0.717, 1.165) is 12.3 Å². The molecule has 5 nitrogen and oxygen atoms in total.